The predicted octanol–water partition coefficient (Wildman–Crippen LogP) is 3.33. The molecule has 1 aliphatic rings. The summed E-state index contributed by atoms with van der Waals surface area (Å²) in [5.74, 6) is 0.117. The van der Waals surface area contributed by atoms with E-state index in [2.05, 4.69) is 6.07 Å². The average Bonchev–Trinajstić information content (AvgIpc) is 3.14. The fourth-order valence-corrected chi connectivity index (χ4v) is 3.68. The van der Waals surface area contributed by atoms with Gasteiger partial charge < -0.3 is 10.6 Å². The zero-order valence-electron chi connectivity index (χ0n) is 12.1. The third kappa shape index (κ3) is 2.88. The Kier molecular flexibility index (Phi) is 4.81. The Morgan fingerprint density at radius 3 is 2.55 bits per heavy atom. The van der Waals surface area contributed by atoms with Crippen LogP contribution in [0.2, 0.25) is 0 Å². The van der Waals surface area contributed by atoms with Crippen molar-refractivity contribution in [3.05, 3.63) is 22.4 Å². The molecule has 0 bridgehead atoms. The highest BCUT2D eigenvalue weighted by atomic mass is 32.1. The molecule has 0 unspecified atom stereocenters. The van der Waals surface area contributed by atoms with Gasteiger partial charge in [-0.15, -0.1) is 11.3 Å². The van der Waals surface area contributed by atoms with Crippen LogP contribution in [-0.2, 0) is 11.3 Å². The number of hydrogen-bond acceptors (Lipinski definition) is 3. The lowest BCUT2D eigenvalue weighted by Gasteiger charge is -2.35. The normalized spacial score (nSPS) is 15.1. The second-order valence-electron chi connectivity index (χ2n) is 5.40. The molecule has 0 saturated heterocycles. The molecule has 0 radical (unpaired) electrons. The van der Waals surface area contributed by atoms with Crippen molar-refractivity contribution < 1.29 is 4.79 Å². The molecule has 20 heavy (non-hydrogen) atoms. The van der Waals surface area contributed by atoms with Crippen molar-refractivity contribution in [3.8, 4) is 0 Å². The highest BCUT2D eigenvalue weighted by Crippen LogP contribution is 2.36. The van der Waals surface area contributed by atoms with Gasteiger partial charge in [-0.25, -0.2) is 0 Å². The number of thiocarbonyl (C=S) groups is 1. The number of carbonyl (C=O) groups excluding carboxylic acids is 1. The zero-order chi connectivity index (χ0) is 14.8. The maximum atomic E-state index is 13.0. The van der Waals surface area contributed by atoms with Gasteiger partial charge in [-0.1, -0.05) is 32.1 Å². The van der Waals surface area contributed by atoms with E-state index in [0.29, 0.717) is 30.4 Å². The van der Waals surface area contributed by atoms with Crippen LogP contribution in [0.25, 0.3) is 0 Å². The molecular formula is C15H22N2OS2. The first-order valence-electron chi connectivity index (χ1n) is 7.18. The summed E-state index contributed by atoms with van der Waals surface area (Å²) in [5, 5.41) is 2.05. The van der Waals surface area contributed by atoms with Crippen LogP contribution in [-0.4, -0.2) is 21.8 Å². The number of nitrogens with two attached hydrogens (primary N) is 1. The minimum atomic E-state index is -0.671. The molecule has 1 amide bonds. The van der Waals surface area contributed by atoms with Gasteiger partial charge in [0.15, 0.2) is 0 Å². The molecule has 2 N–H and O–H groups in total. The number of rotatable bonds is 7. The molecule has 5 heteroatoms. The van der Waals surface area contributed by atoms with E-state index in [0.717, 1.165) is 12.8 Å². The quantitative estimate of drug-likeness (QED) is 0.786. The Morgan fingerprint density at radius 1 is 1.50 bits per heavy atom. The molecule has 0 aromatic carbocycles. The van der Waals surface area contributed by atoms with Crippen molar-refractivity contribution in [3.63, 3.8) is 0 Å². The van der Waals surface area contributed by atoms with Gasteiger partial charge >= 0.3 is 0 Å². The van der Waals surface area contributed by atoms with Crippen LogP contribution in [0, 0.1) is 5.41 Å². The van der Waals surface area contributed by atoms with Gasteiger partial charge in [0.05, 0.1) is 16.9 Å². The molecular weight excluding hydrogens is 288 g/mol. The Balaban J connectivity index is 2.23. The van der Waals surface area contributed by atoms with Crippen molar-refractivity contribution in [2.75, 3.05) is 0 Å². The number of thiophene rings is 1. The lowest BCUT2D eigenvalue weighted by atomic mass is 9.80. The fourth-order valence-electron chi connectivity index (χ4n) is 2.60. The van der Waals surface area contributed by atoms with E-state index in [9.17, 15) is 4.79 Å². The van der Waals surface area contributed by atoms with Gasteiger partial charge in [-0.3, -0.25) is 4.79 Å². The lowest BCUT2D eigenvalue weighted by molar-refractivity contribution is -0.140. The van der Waals surface area contributed by atoms with Gasteiger partial charge in [-0.2, -0.15) is 0 Å². The van der Waals surface area contributed by atoms with Gasteiger partial charge in [-0.05, 0) is 37.1 Å². The first-order chi connectivity index (χ1) is 9.55. The monoisotopic (exact) mass is 310 g/mol. The van der Waals surface area contributed by atoms with E-state index in [1.807, 2.05) is 30.2 Å². The maximum Gasteiger partial charge on any atom is 0.236 e. The molecule has 1 aromatic rings. The molecule has 2 rings (SSSR count). The lowest BCUT2D eigenvalue weighted by Crippen LogP contribution is -2.50. The minimum absolute atomic E-state index is 0.117. The predicted molar refractivity (Wildman–Crippen MR) is 87.7 cm³/mol. The molecule has 1 fully saturated rings. The SMILES string of the molecule is CCC(CC)(C(=O)N(Cc1cccs1)C1CC1)C(N)=S. The van der Waals surface area contributed by atoms with Gasteiger partial charge in [0.25, 0.3) is 0 Å². The Labute approximate surface area is 130 Å². The summed E-state index contributed by atoms with van der Waals surface area (Å²) in [6.07, 6.45) is 3.53. The molecule has 1 aromatic heterocycles. The number of nitrogens with zero attached hydrogens (tertiary/aromatic N) is 1. The van der Waals surface area contributed by atoms with E-state index >= 15 is 0 Å². The average molecular weight is 310 g/mol. The number of hydrogen-bond donors (Lipinski definition) is 1. The summed E-state index contributed by atoms with van der Waals surface area (Å²) >= 11 is 6.90. The largest absolute Gasteiger partial charge is 0.392 e. The van der Waals surface area contributed by atoms with Crippen LogP contribution in [0.5, 0.6) is 0 Å². The van der Waals surface area contributed by atoms with E-state index in [4.69, 9.17) is 18.0 Å². The third-order valence-electron chi connectivity index (χ3n) is 4.24. The standard InChI is InChI=1S/C15H22N2OS2/c1-3-15(4-2,13(16)19)14(18)17(11-7-8-11)10-12-6-5-9-20-12/h5-6,9,11H,3-4,7-8,10H2,1-2H3,(H2,16,19). The maximum absolute atomic E-state index is 13.0. The zero-order valence-corrected chi connectivity index (χ0v) is 13.7. The molecule has 0 atom stereocenters. The van der Waals surface area contributed by atoms with E-state index < -0.39 is 5.41 Å². The number of carbonyl (C=O) groups is 1. The molecule has 110 valence electrons. The van der Waals surface area contributed by atoms with Crippen LogP contribution in [0.15, 0.2) is 17.5 Å². The number of amides is 1. The van der Waals surface area contributed by atoms with Crippen LogP contribution >= 0.6 is 23.6 Å². The van der Waals surface area contributed by atoms with Crippen LogP contribution in [0.4, 0.5) is 0 Å². The molecule has 3 nitrogen and oxygen atoms in total. The molecule has 1 aliphatic carbocycles. The molecule has 1 heterocycles. The van der Waals surface area contributed by atoms with E-state index in [1.54, 1.807) is 11.3 Å². The van der Waals surface area contributed by atoms with Gasteiger partial charge in [0.2, 0.25) is 5.91 Å². The summed E-state index contributed by atoms with van der Waals surface area (Å²) in [7, 11) is 0. The van der Waals surface area contributed by atoms with Crippen LogP contribution in [0.1, 0.15) is 44.4 Å². The van der Waals surface area contributed by atoms with Crippen LogP contribution < -0.4 is 5.73 Å². The van der Waals surface area contributed by atoms with Gasteiger partial charge in [0.1, 0.15) is 0 Å². The van der Waals surface area contributed by atoms with Crippen molar-refractivity contribution in [2.45, 2.75) is 52.1 Å². The Morgan fingerprint density at radius 2 is 2.15 bits per heavy atom. The molecule has 0 aliphatic heterocycles. The highest BCUT2D eigenvalue weighted by molar-refractivity contribution is 7.80. The Bertz CT molecular complexity index is 476. The fraction of sp³-hybridized carbons (Fsp3) is 0.600. The molecule has 1 saturated carbocycles. The van der Waals surface area contributed by atoms with Crippen molar-refractivity contribution in [2.24, 2.45) is 11.1 Å². The van der Waals surface area contributed by atoms with Crippen molar-refractivity contribution in [1.82, 2.24) is 4.90 Å². The summed E-state index contributed by atoms with van der Waals surface area (Å²) < 4.78 is 0. The van der Waals surface area contributed by atoms with E-state index in [1.165, 1.54) is 4.88 Å². The minimum Gasteiger partial charge on any atom is -0.392 e. The van der Waals surface area contributed by atoms with Crippen molar-refractivity contribution in [1.29, 1.82) is 0 Å². The van der Waals surface area contributed by atoms with E-state index in [-0.39, 0.29) is 5.91 Å². The summed E-state index contributed by atoms with van der Waals surface area (Å²) in [6, 6.07) is 4.47. The summed E-state index contributed by atoms with van der Waals surface area (Å²) in [6.45, 7) is 4.68. The molecule has 0 spiro atoms. The first kappa shape index (κ1) is 15.4. The smallest absolute Gasteiger partial charge is 0.236 e. The second kappa shape index (κ2) is 6.22. The summed E-state index contributed by atoms with van der Waals surface area (Å²) in [5.41, 5.74) is 5.24. The second-order valence-corrected chi connectivity index (χ2v) is 6.87. The van der Waals surface area contributed by atoms with Crippen molar-refractivity contribution >= 4 is 34.5 Å². The summed E-state index contributed by atoms with van der Waals surface area (Å²) in [4.78, 5) is 16.6. The van der Waals surface area contributed by atoms with Crippen LogP contribution in [0.3, 0.4) is 0 Å². The first-order valence-corrected chi connectivity index (χ1v) is 8.47. The Hall–Kier alpha value is -0.940. The third-order valence-corrected chi connectivity index (χ3v) is 5.49. The highest BCUT2D eigenvalue weighted by Gasteiger charge is 2.45. The van der Waals surface area contributed by atoms with Gasteiger partial charge in [0, 0.05) is 10.9 Å². The topological polar surface area (TPSA) is 46.3 Å².